The molecule has 0 rings (SSSR count). The van der Waals surface area contributed by atoms with Crippen molar-refractivity contribution in [3.05, 3.63) is 0 Å². The van der Waals surface area contributed by atoms with E-state index in [1.165, 1.54) is 0 Å². The lowest BCUT2D eigenvalue weighted by Crippen LogP contribution is -2.24. The van der Waals surface area contributed by atoms with Crippen molar-refractivity contribution in [3.8, 4) is 0 Å². The maximum absolute atomic E-state index is 11.8. The third-order valence-corrected chi connectivity index (χ3v) is 4.06. The van der Waals surface area contributed by atoms with Crippen LogP contribution in [0.5, 0.6) is 0 Å². The molecule has 0 aliphatic rings. The number of sulfone groups is 1. The van der Waals surface area contributed by atoms with Crippen LogP contribution in [0.25, 0.3) is 0 Å². The molecular formula is C9H18F3NO2S. The molecule has 0 radical (unpaired) electrons. The molecule has 98 valence electrons. The van der Waals surface area contributed by atoms with Crippen LogP contribution in [0.3, 0.4) is 0 Å². The summed E-state index contributed by atoms with van der Waals surface area (Å²) in [6, 6.07) is -0.575. The highest BCUT2D eigenvalue weighted by Gasteiger charge is 2.27. The first-order valence-electron chi connectivity index (χ1n) is 5.19. The summed E-state index contributed by atoms with van der Waals surface area (Å²) in [5.41, 5.74) is 5.46. The van der Waals surface area contributed by atoms with Crippen LogP contribution in [0, 0.1) is 0 Å². The van der Waals surface area contributed by atoms with Crippen molar-refractivity contribution in [2.75, 3.05) is 11.5 Å². The number of alkyl halides is 3. The van der Waals surface area contributed by atoms with Crippen molar-refractivity contribution in [2.24, 2.45) is 5.73 Å². The first-order valence-corrected chi connectivity index (χ1v) is 7.01. The fourth-order valence-corrected chi connectivity index (χ4v) is 2.10. The highest BCUT2D eigenvalue weighted by Crippen LogP contribution is 2.22. The van der Waals surface area contributed by atoms with Crippen molar-refractivity contribution in [3.63, 3.8) is 0 Å². The molecule has 0 amide bonds. The summed E-state index contributed by atoms with van der Waals surface area (Å²) in [5.74, 6) is 0.0635. The molecule has 0 aromatic heterocycles. The molecule has 0 heterocycles. The number of hydrogen-bond acceptors (Lipinski definition) is 3. The minimum Gasteiger partial charge on any atom is -0.328 e. The summed E-state index contributed by atoms with van der Waals surface area (Å²) >= 11 is 0. The van der Waals surface area contributed by atoms with E-state index in [4.69, 9.17) is 5.73 Å². The van der Waals surface area contributed by atoms with E-state index < -0.39 is 28.5 Å². The van der Waals surface area contributed by atoms with Gasteiger partial charge in [0.15, 0.2) is 0 Å². The predicted molar refractivity (Wildman–Crippen MR) is 56.8 cm³/mol. The third-order valence-electron chi connectivity index (χ3n) is 2.27. The van der Waals surface area contributed by atoms with Gasteiger partial charge in [0.05, 0.1) is 5.75 Å². The fraction of sp³-hybridized carbons (Fsp3) is 1.00. The molecule has 0 aliphatic heterocycles. The Hall–Kier alpha value is -0.300. The smallest absolute Gasteiger partial charge is 0.328 e. The van der Waals surface area contributed by atoms with E-state index >= 15 is 0 Å². The predicted octanol–water partition coefficient (Wildman–Crippen LogP) is 1.87. The van der Waals surface area contributed by atoms with Crippen LogP contribution in [0.1, 0.15) is 32.6 Å². The van der Waals surface area contributed by atoms with Gasteiger partial charge in [0.25, 0.3) is 0 Å². The third kappa shape index (κ3) is 8.96. The van der Waals surface area contributed by atoms with Crippen LogP contribution in [-0.4, -0.2) is 32.1 Å². The molecule has 0 aromatic carbocycles. The van der Waals surface area contributed by atoms with Crippen molar-refractivity contribution in [1.82, 2.24) is 0 Å². The van der Waals surface area contributed by atoms with Gasteiger partial charge in [-0.2, -0.15) is 13.2 Å². The molecular weight excluding hydrogens is 243 g/mol. The number of rotatable bonds is 7. The molecule has 0 saturated heterocycles. The molecule has 2 N–H and O–H groups in total. The lowest BCUT2D eigenvalue weighted by molar-refractivity contribution is -0.136. The van der Waals surface area contributed by atoms with E-state index in [0.29, 0.717) is 12.8 Å². The Morgan fingerprint density at radius 3 is 2.25 bits per heavy atom. The molecule has 1 unspecified atom stereocenters. The maximum Gasteiger partial charge on any atom is 0.389 e. The van der Waals surface area contributed by atoms with Crippen LogP contribution in [-0.2, 0) is 9.84 Å². The second-order valence-corrected chi connectivity index (χ2v) is 6.27. The second kappa shape index (κ2) is 6.44. The lowest BCUT2D eigenvalue weighted by Gasteiger charge is -2.12. The van der Waals surface area contributed by atoms with Gasteiger partial charge < -0.3 is 5.73 Å². The molecule has 1 atom stereocenters. The summed E-state index contributed by atoms with van der Waals surface area (Å²) in [6.45, 7) is 1.54. The summed E-state index contributed by atoms with van der Waals surface area (Å²) in [6.07, 6.45) is -4.60. The maximum atomic E-state index is 11.8. The van der Waals surface area contributed by atoms with Gasteiger partial charge in [-0.05, 0) is 19.3 Å². The minimum absolute atomic E-state index is 0.00319. The Balaban J connectivity index is 3.71. The van der Waals surface area contributed by atoms with Crippen LogP contribution in [0.15, 0.2) is 0 Å². The zero-order valence-corrected chi connectivity index (χ0v) is 10.1. The Morgan fingerprint density at radius 1 is 1.25 bits per heavy atom. The van der Waals surface area contributed by atoms with Gasteiger partial charge in [0.1, 0.15) is 9.84 Å². The normalized spacial score (nSPS) is 15.1. The number of nitrogens with two attached hydrogens (primary N) is 1. The molecule has 0 fully saturated rings. The topological polar surface area (TPSA) is 60.2 Å². The van der Waals surface area contributed by atoms with E-state index in [1.807, 2.05) is 0 Å². The van der Waals surface area contributed by atoms with E-state index in [1.54, 1.807) is 6.92 Å². The average molecular weight is 261 g/mol. The quantitative estimate of drug-likeness (QED) is 0.761. The summed E-state index contributed by atoms with van der Waals surface area (Å²) in [4.78, 5) is 0. The van der Waals surface area contributed by atoms with Gasteiger partial charge in [0.2, 0.25) is 0 Å². The van der Waals surface area contributed by atoms with Gasteiger partial charge in [-0.15, -0.1) is 0 Å². The zero-order valence-electron chi connectivity index (χ0n) is 9.26. The van der Waals surface area contributed by atoms with Gasteiger partial charge in [0, 0.05) is 18.2 Å². The highest BCUT2D eigenvalue weighted by molar-refractivity contribution is 7.91. The van der Waals surface area contributed by atoms with Gasteiger partial charge >= 0.3 is 6.18 Å². The molecule has 0 aromatic rings. The SMILES string of the molecule is CCS(=O)(=O)CCCC(N)CCC(F)(F)F. The number of halogens is 3. The largest absolute Gasteiger partial charge is 0.389 e. The molecule has 0 spiro atoms. The lowest BCUT2D eigenvalue weighted by atomic mass is 10.1. The van der Waals surface area contributed by atoms with Crippen molar-refractivity contribution in [1.29, 1.82) is 0 Å². The van der Waals surface area contributed by atoms with Crippen LogP contribution in [0.4, 0.5) is 13.2 Å². The Morgan fingerprint density at radius 2 is 1.81 bits per heavy atom. The Bertz CT molecular complexity index is 288. The summed E-state index contributed by atoms with van der Waals surface area (Å²) < 4.78 is 57.6. The van der Waals surface area contributed by atoms with Gasteiger partial charge in [-0.1, -0.05) is 6.92 Å². The van der Waals surface area contributed by atoms with Gasteiger partial charge in [-0.3, -0.25) is 0 Å². The van der Waals surface area contributed by atoms with Crippen LogP contribution < -0.4 is 5.73 Å². The molecule has 7 heteroatoms. The fourth-order valence-electron chi connectivity index (χ4n) is 1.20. The van der Waals surface area contributed by atoms with E-state index in [0.717, 1.165) is 0 Å². The first kappa shape index (κ1) is 15.7. The molecule has 0 bridgehead atoms. The zero-order chi connectivity index (χ0) is 12.8. The van der Waals surface area contributed by atoms with E-state index in [-0.39, 0.29) is 17.9 Å². The Kier molecular flexibility index (Phi) is 6.32. The second-order valence-electron chi connectivity index (χ2n) is 3.79. The molecule has 0 saturated carbocycles. The van der Waals surface area contributed by atoms with E-state index in [9.17, 15) is 21.6 Å². The molecule has 3 nitrogen and oxygen atoms in total. The monoisotopic (exact) mass is 261 g/mol. The minimum atomic E-state index is -4.19. The highest BCUT2D eigenvalue weighted by atomic mass is 32.2. The molecule has 16 heavy (non-hydrogen) atoms. The van der Waals surface area contributed by atoms with Crippen LogP contribution >= 0.6 is 0 Å². The van der Waals surface area contributed by atoms with Gasteiger partial charge in [-0.25, -0.2) is 8.42 Å². The summed E-state index contributed by atoms with van der Waals surface area (Å²) in [5, 5.41) is 0. The number of hydrogen-bond donors (Lipinski definition) is 1. The molecule has 0 aliphatic carbocycles. The van der Waals surface area contributed by atoms with Crippen molar-refractivity contribution >= 4 is 9.84 Å². The first-order chi connectivity index (χ1) is 7.16. The van der Waals surface area contributed by atoms with Crippen molar-refractivity contribution in [2.45, 2.75) is 44.8 Å². The summed E-state index contributed by atoms with van der Waals surface area (Å²) in [7, 11) is -3.04. The average Bonchev–Trinajstić information content (AvgIpc) is 2.13. The van der Waals surface area contributed by atoms with E-state index in [2.05, 4.69) is 0 Å². The van der Waals surface area contributed by atoms with Crippen LogP contribution in [0.2, 0.25) is 0 Å². The van der Waals surface area contributed by atoms with Crippen molar-refractivity contribution < 1.29 is 21.6 Å². The standard InChI is InChI=1S/C9H18F3NO2S/c1-2-16(14,15)7-3-4-8(13)5-6-9(10,11)12/h8H,2-7,13H2,1H3. The Labute approximate surface area is 94.1 Å².